The van der Waals surface area contributed by atoms with Crippen LogP contribution in [0.2, 0.25) is 0 Å². The third kappa shape index (κ3) is 1.95. The Balaban J connectivity index is 1.97. The first-order valence-electron chi connectivity index (χ1n) is 4.84. The molecule has 2 heterocycles. The van der Waals surface area contributed by atoms with Gasteiger partial charge in [0.25, 0.3) is 0 Å². The monoisotopic (exact) mass is 197 g/mol. The maximum atomic E-state index is 9.27. The molecule has 1 N–H and O–H groups in total. The lowest BCUT2D eigenvalue weighted by Crippen LogP contribution is -2.21. The Labute approximate surface area is 82.9 Å². The van der Waals surface area contributed by atoms with Crippen molar-refractivity contribution in [1.82, 2.24) is 14.6 Å². The highest BCUT2D eigenvalue weighted by Crippen LogP contribution is 2.10. The second-order valence-electron chi connectivity index (χ2n) is 3.44. The lowest BCUT2D eigenvalue weighted by Gasteiger charge is -2.14. The molecule has 1 aliphatic heterocycles. The van der Waals surface area contributed by atoms with Crippen LogP contribution in [0.5, 0.6) is 0 Å². The van der Waals surface area contributed by atoms with Crippen LogP contribution in [0.4, 0.5) is 0 Å². The Kier molecular flexibility index (Phi) is 2.81. The van der Waals surface area contributed by atoms with E-state index >= 15 is 0 Å². The third-order valence-corrected chi connectivity index (χ3v) is 2.34. The van der Waals surface area contributed by atoms with Crippen molar-refractivity contribution in [3.63, 3.8) is 0 Å². The zero-order valence-electron chi connectivity index (χ0n) is 8.26. The molecule has 1 saturated heterocycles. The summed E-state index contributed by atoms with van der Waals surface area (Å²) in [6.45, 7) is 4.65. The number of hydrogen-bond acceptors (Lipinski definition) is 4. The highest BCUT2D eigenvalue weighted by Gasteiger charge is 2.22. The highest BCUT2D eigenvalue weighted by molar-refractivity contribution is 4.97. The topological polar surface area (TPSA) is 50.5 Å². The summed E-state index contributed by atoms with van der Waals surface area (Å²) in [4.78, 5) is 9.35. The van der Waals surface area contributed by atoms with Gasteiger partial charge in [-0.1, -0.05) is 0 Å². The number of β-amino-alcohol motifs (C(OH)–C–C–N with tert-alkyl or cyclic N) is 1. The van der Waals surface area contributed by atoms with Gasteiger partial charge in [-0.3, -0.25) is 4.84 Å². The van der Waals surface area contributed by atoms with Crippen molar-refractivity contribution in [2.45, 2.75) is 26.1 Å². The largest absolute Gasteiger partial charge is 0.389 e. The summed E-state index contributed by atoms with van der Waals surface area (Å²) in [6, 6.07) is 0. The number of imidazole rings is 1. The molecule has 14 heavy (non-hydrogen) atoms. The fraction of sp³-hybridized carbons (Fsp3) is 0.667. The van der Waals surface area contributed by atoms with Crippen molar-refractivity contribution >= 4 is 0 Å². The molecule has 0 unspecified atom stereocenters. The standard InChI is InChI=1S/C9H15N3O2/c1-2-11-7-10-3-8(11)4-12-5-9(13)6-14-12/h3,7,9,13H,2,4-6H2,1H3/t9-/m1/s1. The van der Waals surface area contributed by atoms with Gasteiger partial charge < -0.3 is 9.67 Å². The zero-order valence-corrected chi connectivity index (χ0v) is 8.26. The molecule has 1 atom stereocenters. The van der Waals surface area contributed by atoms with Crippen molar-refractivity contribution in [3.8, 4) is 0 Å². The molecule has 0 aromatic carbocycles. The van der Waals surface area contributed by atoms with Gasteiger partial charge in [0.1, 0.15) is 0 Å². The Bertz CT molecular complexity index is 300. The minimum Gasteiger partial charge on any atom is -0.389 e. The van der Waals surface area contributed by atoms with Gasteiger partial charge in [0, 0.05) is 12.7 Å². The molecular formula is C9H15N3O2. The van der Waals surface area contributed by atoms with Crippen molar-refractivity contribution in [1.29, 1.82) is 0 Å². The average molecular weight is 197 g/mol. The summed E-state index contributed by atoms with van der Waals surface area (Å²) in [7, 11) is 0. The summed E-state index contributed by atoms with van der Waals surface area (Å²) in [5.74, 6) is 0. The minimum absolute atomic E-state index is 0.354. The van der Waals surface area contributed by atoms with Crippen LogP contribution in [0, 0.1) is 0 Å². The van der Waals surface area contributed by atoms with Crippen molar-refractivity contribution in [3.05, 3.63) is 18.2 Å². The van der Waals surface area contributed by atoms with Crippen LogP contribution in [0.1, 0.15) is 12.6 Å². The van der Waals surface area contributed by atoms with E-state index in [0.717, 1.165) is 12.2 Å². The second-order valence-corrected chi connectivity index (χ2v) is 3.44. The van der Waals surface area contributed by atoms with E-state index in [1.165, 1.54) is 0 Å². The Morgan fingerprint density at radius 1 is 1.71 bits per heavy atom. The van der Waals surface area contributed by atoms with Crippen LogP contribution < -0.4 is 0 Å². The number of nitrogens with zero attached hydrogens (tertiary/aromatic N) is 3. The van der Waals surface area contributed by atoms with Gasteiger partial charge in [0.2, 0.25) is 0 Å². The van der Waals surface area contributed by atoms with E-state index in [-0.39, 0.29) is 6.10 Å². The summed E-state index contributed by atoms with van der Waals surface area (Å²) < 4.78 is 2.06. The maximum absolute atomic E-state index is 9.27. The minimum atomic E-state index is -0.354. The molecule has 2 rings (SSSR count). The first kappa shape index (κ1) is 9.64. The van der Waals surface area contributed by atoms with E-state index in [1.807, 2.05) is 12.5 Å². The smallest absolute Gasteiger partial charge is 0.0958 e. The second kappa shape index (κ2) is 4.08. The van der Waals surface area contributed by atoms with E-state index in [2.05, 4.69) is 16.5 Å². The van der Waals surface area contributed by atoms with Gasteiger partial charge in [0.15, 0.2) is 0 Å². The molecule has 1 fully saturated rings. The first-order valence-corrected chi connectivity index (χ1v) is 4.84. The van der Waals surface area contributed by atoms with Crippen molar-refractivity contribution in [2.75, 3.05) is 13.2 Å². The predicted molar refractivity (Wildman–Crippen MR) is 50.3 cm³/mol. The van der Waals surface area contributed by atoms with Crippen LogP contribution in [0.25, 0.3) is 0 Å². The lowest BCUT2D eigenvalue weighted by molar-refractivity contribution is -0.119. The van der Waals surface area contributed by atoms with Crippen LogP contribution in [0.3, 0.4) is 0 Å². The molecule has 1 aromatic heterocycles. The molecule has 5 nitrogen and oxygen atoms in total. The van der Waals surface area contributed by atoms with Gasteiger partial charge in [-0.05, 0) is 6.92 Å². The van der Waals surface area contributed by atoms with Gasteiger partial charge in [0.05, 0.1) is 37.8 Å². The summed E-state index contributed by atoms with van der Waals surface area (Å²) in [5.41, 5.74) is 1.11. The Morgan fingerprint density at radius 3 is 3.21 bits per heavy atom. The molecule has 0 radical (unpaired) electrons. The number of aryl methyl sites for hydroxylation is 1. The molecular weight excluding hydrogens is 182 g/mol. The molecule has 0 amide bonds. The fourth-order valence-electron chi connectivity index (χ4n) is 1.59. The predicted octanol–water partition coefficient (Wildman–Crippen LogP) is 0.0111. The van der Waals surface area contributed by atoms with E-state index in [1.54, 1.807) is 5.06 Å². The van der Waals surface area contributed by atoms with Crippen LogP contribution >= 0.6 is 0 Å². The average Bonchev–Trinajstić information content (AvgIpc) is 2.76. The molecule has 78 valence electrons. The molecule has 1 aliphatic rings. The van der Waals surface area contributed by atoms with Gasteiger partial charge in [-0.2, -0.15) is 5.06 Å². The lowest BCUT2D eigenvalue weighted by atomic mass is 10.4. The van der Waals surface area contributed by atoms with Crippen LogP contribution in [-0.2, 0) is 17.9 Å². The first-order chi connectivity index (χ1) is 6.79. The number of rotatable bonds is 3. The van der Waals surface area contributed by atoms with Crippen LogP contribution in [-0.4, -0.2) is 39.0 Å². The summed E-state index contributed by atoms with van der Waals surface area (Å²) in [5, 5.41) is 11.0. The molecule has 0 spiro atoms. The molecule has 0 saturated carbocycles. The van der Waals surface area contributed by atoms with Crippen molar-refractivity contribution in [2.24, 2.45) is 0 Å². The van der Waals surface area contributed by atoms with E-state index in [9.17, 15) is 5.11 Å². The van der Waals surface area contributed by atoms with Gasteiger partial charge in [-0.25, -0.2) is 4.98 Å². The maximum Gasteiger partial charge on any atom is 0.0958 e. The molecule has 1 aromatic rings. The number of hydroxylamine groups is 2. The number of aliphatic hydroxyl groups excluding tert-OH is 1. The normalized spacial score (nSPS) is 23.1. The number of aliphatic hydroxyl groups is 1. The summed E-state index contributed by atoms with van der Waals surface area (Å²) in [6.07, 6.45) is 3.28. The quantitative estimate of drug-likeness (QED) is 0.741. The van der Waals surface area contributed by atoms with Gasteiger partial charge >= 0.3 is 0 Å². The van der Waals surface area contributed by atoms with E-state index < -0.39 is 0 Å². The van der Waals surface area contributed by atoms with Crippen molar-refractivity contribution < 1.29 is 9.94 Å². The molecule has 0 bridgehead atoms. The Morgan fingerprint density at radius 2 is 2.57 bits per heavy atom. The Hall–Kier alpha value is -0.910. The number of hydrogen-bond donors (Lipinski definition) is 1. The molecule has 5 heteroatoms. The van der Waals surface area contributed by atoms with Gasteiger partial charge in [-0.15, -0.1) is 0 Å². The number of aromatic nitrogens is 2. The van der Waals surface area contributed by atoms with E-state index in [0.29, 0.717) is 19.7 Å². The fourth-order valence-corrected chi connectivity index (χ4v) is 1.59. The SMILES string of the molecule is CCn1cncc1CN1C[C@@H](O)CO1. The highest BCUT2D eigenvalue weighted by atomic mass is 16.7. The summed E-state index contributed by atoms with van der Waals surface area (Å²) >= 11 is 0. The van der Waals surface area contributed by atoms with Crippen LogP contribution in [0.15, 0.2) is 12.5 Å². The third-order valence-electron chi connectivity index (χ3n) is 2.34. The molecule has 0 aliphatic carbocycles. The van der Waals surface area contributed by atoms with E-state index in [4.69, 9.17) is 4.84 Å². The zero-order chi connectivity index (χ0) is 9.97.